The maximum atomic E-state index is 13.5. The number of hydrogen-bond acceptors (Lipinski definition) is 8. The summed E-state index contributed by atoms with van der Waals surface area (Å²) in [5.74, 6) is 0.338. The molecule has 0 N–H and O–H groups in total. The predicted octanol–water partition coefficient (Wildman–Crippen LogP) is 3.89. The Hall–Kier alpha value is -3.08. The predicted molar refractivity (Wildman–Crippen MR) is 128 cm³/mol. The van der Waals surface area contributed by atoms with Gasteiger partial charge in [0.15, 0.2) is 5.13 Å². The summed E-state index contributed by atoms with van der Waals surface area (Å²) in [6.45, 7) is 6.44. The number of carbonyl (C=O) groups excluding carboxylic acids is 1. The molecule has 2 aromatic carbocycles. The number of anilines is 1. The maximum absolute atomic E-state index is 13.5. The van der Waals surface area contributed by atoms with Crippen LogP contribution in [-0.4, -0.2) is 67.2 Å². The van der Waals surface area contributed by atoms with Crippen LogP contribution >= 0.6 is 11.3 Å². The Morgan fingerprint density at radius 3 is 2.82 bits per heavy atom. The molecule has 1 saturated heterocycles. The van der Waals surface area contributed by atoms with Gasteiger partial charge in [-0.25, -0.2) is 4.98 Å². The molecule has 0 radical (unpaired) electrons. The van der Waals surface area contributed by atoms with E-state index in [0.29, 0.717) is 36.2 Å². The summed E-state index contributed by atoms with van der Waals surface area (Å²) in [4.78, 5) is 32.9. The van der Waals surface area contributed by atoms with E-state index in [1.807, 2.05) is 19.1 Å². The number of aromatic nitrogens is 1. The van der Waals surface area contributed by atoms with E-state index in [4.69, 9.17) is 14.5 Å². The highest BCUT2D eigenvalue weighted by Crippen LogP contribution is 2.37. The molecular formula is C23H26N4O5S. The minimum atomic E-state index is -0.495. The van der Waals surface area contributed by atoms with Crippen LogP contribution in [0, 0.1) is 17.0 Å². The van der Waals surface area contributed by atoms with Crippen molar-refractivity contribution in [1.29, 1.82) is 0 Å². The van der Waals surface area contributed by atoms with Crippen LogP contribution < -0.4 is 9.64 Å². The quantitative estimate of drug-likeness (QED) is 0.364. The maximum Gasteiger partial charge on any atom is 0.270 e. The van der Waals surface area contributed by atoms with Crippen LogP contribution in [0.5, 0.6) is 5.75 Å². The minimum absolute atomic E-state index is 0.115. The summed E-state index contributed by atoms with van der Waals surface area (Å²) < 4.78 is 11.8. The number of rotatable bonds is 8. The molecule has 1 aliphatic heterocycles. The summed E-state index contributed by atoms with van der Waals surface area (Å²) in [6.07, 6.45) is 0.743. The van der Waals surface area contributed by atoms with Crippen molar-refractivity contribution in [3.63, 3.8) is 0 Å². The molecule has 0 aliphatic carbocycles. The number of fused-ring (bicyclic) bond motifs is 1. The molecule has 0 saturated carbocycles. The van der Waals surface area contributed by atoms with E-state index in [0.717, 1.165) is 36.3 Å². The average Bonchev–Trinajstić information content (AvgIpc) is 3.28. The van der Waals surface area contributed by atoms with Gasteiger partial charge in [0.05, 0.1) is 29.9 Å². The Labute approximate surface area is 195 Å². The van der Waals surface area contributed by atoms with Crippen LogP contribution in [0.4, 0.5) is 10.8 Å². The summed E-state index contributed by atoms with van der Waals surface area (Å²) in [6, 6.07) is 9.66. The molecule has 1 aromatic heterocycles. The molecule has 33 heavy (non-hydrogen) atoms. The number of nitro groups is 1. The fourth-order valence-electron chi connectivity index (χ4n) is 3.85. The Balaban J connectivity index is 1.65. The lowest BCUT2D eigenvalue weighted by Gasteiger charge is -2.27. The lowest BCUT2D eigenvalue weighted by Crippen LogP contribution is -2.39. The van der Waals surface area contributed by atoms with Gasteiger partial charge in [0.2, 0.25) is 0 Å². The Morgan fingerprint density at radius 1 is 1.30 bits per heavy atom. The van der Waals surface area contributed by atoms with Crippen molar-refractivity contribution in [2.24, 2.45) is 0 Å². The minimum Gasteiger partial charge on any atom is -0.494 e. The van der Waals surface area contributed by atoms with Crippen LogP contribution in [0.2, 0.25) is 0 Å². The van der Waals surface area contributed by atoms with E-state index in [1.165, 1.54) is 29.5 Å². The van der Waals surface area contributed by atoms with Gasteiger partial charge in [-0.05, 0) is 31.0 Å². The summed E-state index contributed by atoms with van der Waals surface area (Å²) in [7, 11) is 1.59. The third kappa shape index (κ3) is 5.13. The van der Waals surface area contributed by atoms with E-state index in [-0.39, 0.29) is 17.2 Å². The molecule has 0 spiro atoms. The fourth-order valence-corrected chi connectivity index (χ4v) is 4.92. The van der Waals surface area contributed by atoms with Gasteiger partial charge in [-0.15, -0.1) is 0 Å². The summed E-state index contributed by atoms with van der Waals surface area (Å²) >= 11 is 1.43. The molecule has 1 amide bonds. The molecule has 0 atom stereocenters. The molecule has 2 heterocycles. The van der Waals surface area contributed by atoms with Gasteiger partial charge < -0.3 is 9.47 Å². The normalized spacial score (nSPS) is 14.4. The molecule has 0 bridgehead atoms. The third-order valence-electron chi connectivity index (χ3n) is 5.65. The van der Waals surface area contributed by atoms with E-state index in [9.17, 15) is 14.9 Å². The number of nitro benzene ring substituents is 1. The zero-order valence-corrected chi connectivity index (χ0v) is 19.5. The van der Waals surface area contributed by atoms with E-state index < -0.39 is 4.92 Å². The molecule has 4 rings (SSSR count). The topological polar surface area (TPSA) is 98.0 Å². The van der Waals surface area contributed by atoms with Crippen molar-refractivity contribution in [3.8, 4) is 5.75 Å². The molecular weight excluding hydrogens is 444 g/mol. The Morgan fingerprint density at radius 2 is 2.09 bits per heavy atom. The number of aryl methyl sites for hydroxylation is 1. The number of amides is 1. The lowest BCUT2D eigenvalue weighted by atomic mass is 10.1. The van der Waals surface area contributed by atoms with Gasteiger partial charge in [-0.2, -0.15) is 0 Å². The first-order valence-electron chi connectivity index (χ1n) is 10.8. The van der Waals surface area contributed by atoms with E-state index in [1.54, 1.807) is 18.1 Å². The monoisotopic (exact) mass is 470 g/mol. The first kappa shape index (κ1) is 23.1. The van der Waals surface area contributed by atoms with Gasteiger partial charge in [0.1, 0.15) is 11.3 Å². The molecule has 1 fully saturated rings. The third-order valence-corrected chi connectivity index (χ3v) is 6.87. The number of carbonyl (C=O) groups is 1. The second-order valence-corrected chi connectivity index (χ2v) is 8.81. The lowest BCUT2D eigenvalue weighted by molar-refractivity contribution is -0.384. The Bertz CT molecular complexity index is 1160. The number of nitrogens with zero attached hydrogens (tertiary/aromatic N) is 4. The average molecular weight is 471 g/mol. The highest BCUT2D eigenvalue weighted by molar-refractivity contribution is 7.22. The first-order chi connectivity index (χ1) is 16.0. The molecule has 10 heteroatoms. The van der Waals surface area contributed by atoms with Gasteiger partial charge in [-0.1, -0.05) is 23.5 Å². The highest BCUT2D eigenvalue weighted by atomic mass is 32.1. The van der Waals surface area contributed by atoms with Gasteiger partial charge in [0, 0.05) is 43.9 Å². The van der Waals surface area contributed by atoms with Crippen LogP contribution in [0.15, 0.2) is 36.4 Å². The smallest absolute Gasteiger partial charge is 0.270 e. The molecule has 0 unspecified atom stereocenters. The highest BCUT2D eigenvalue weighted by Gasteiger charge is 2.24. The second kappa shape index (κ2) is 10.2. The van der Waals surface area contributed by atoms with Crippen LogP contribution in [-0.2, 0) is 4.74 Å². The SMILES string of the molecule is COc1ccc(C)c2sc(N(CCCN3CCOCC3)C(=O)c3cccc([N+](=O)[O-])c3)nc12. The summed E-state index contributed by atoms with van der Waals surface area (Å²) in [5.41, 5.74) is 1.91. The second-order valence-electron chi connectivity index (χ2n) is 7.83. The zero-order chi connectivity index (χ0) is 23.4. The molecule has 174 valence electrons. The molecule has 3 aromatic rings. The van der Waals surface area contributed by atoms with Crippen molar-refractivity contribution >= 4 is 38.3 Å². The van der Waals surface area contributed by atoms with Crippen molar-refractivity contribution in [2.75, 3.05) is 51.4 Å². The van der Waals surface area contributed by atoms with Gasteiger partial charge in [-0.3, -0.25) is 24.7 Å². The summed E-state index contributed by atoms with van der Waals surface area (Å²) in [5, 5.41) is 11.8. The number of ether oxygens (including phenoxy) is 2. The van der Waals surface area contributed by atoms with Crippen LogP contribution in [0.1, 0.15) is 22.3 Å². The number of morpholine rings is 1. The largest absolute Gasteiger partial charge is 0.494 e. The van der Waals surface area contributed by atoms with Gasteiger partial charge in [0.25, 0.3) is 11.6 Å². The van der Waals surface area contributed by atoms with E-state index >= 15 is 0 Å². The zero-order valence-electron chi connectivity index (χ0n) is 18.7. The van der Waals surface area contributed by atoms with Crippen molar-refractivity contribution in [1.82, 2.24) is 9.88 Å². The van der Waals surface area contributed by atoms with Gasteiger partial charge >= 0.3 is 0 Å². The first-order valence-corrected chi connectivity index (χ1v) is 11.6. The van der Waals surface area contributed by atoms with Crippen LogP contribution in [0.3, 0.4) is 0 Å². The Kier molecular flexibility index (Phi) is 7.17. The number of methoxy groups -OCH3 is 1. The van der Waals surface area contributed by atoms with E-state index in [2.05, 4.69) is 4.90 Å². The van der Waals surface area contributed by atoms with Crippen molar-refractivity contribution in [3.05, 3.63) is 57.6 Å². The number of hydrogen-bond donors (Lipinski definition) is 0. The van der Waals surface area contributed by atoms with Crippen molar-refractivity contribution < 1.29 is 19.2 Å². The standard InChI is InChI=1S/C23H26N4O5S/c1-16-7-8-19(31-2)20-21(16)33-23(24-20)26(10-4-9-25-11-13-32-14-12-25)22(28)17-5-3-6-18(15-17)27(29)30/h3,5-8,15H,4,9-14H2,1-2H3. The number of non-ortho nitro benzene ring substituents is 1. The molecule has 9 nitrogen and oxygen atoms in total. The fraction of sp³-hybridized carbons (Fsp3) is 0.391. The number of benzene rings is 2. The number of thiazole rings is 1. The van der Waals surface area contributed by atoms with Crippen molar-refractivity contribution in [2.45, 2.75) is 13.3 Å². The molecule has 1 aliphatic rings. The van der Waals surface area contributed by atoms with Crippen LogP contribution in [0.25, 0.3) is 10.2 Å².